The van der Waals surface area contributed by atoms with Gasteiger partial charge < -0.3 is 10.5 Å². The molecule has 0 bridgehead atoms. The normalized spacial score (nSPS) is 11.0. The van der Waals surface area contributed by atoms with Crippen molar-refractivity contribution in [1.82, 2.24) is 0 Å². The van der Waals surface area contributed by atoms with E-state index in [2.05, 4.69) is 26.5 Å². The molecular formula is C11H13BrN4O4. The van der Waals surface area contributed by atoms with Gasteiger partial charge in [0.25, 0.3) is 5.69 Å². The maximum atomic E-state index is 11.2. The summed E-state index contributed by atoms with van der Waals surface area (Å²) in [6.45, 7) is 1.92. The van der Waals surface area contributed by atoms with Crippen LogP contribution in [0.2, 0.25) is 0 Å². The van der Waals surface area contributed by atoms with Gasteiger partial charge in [0.15, 0.2) is 0 Å². The van der Waals surface area contributed by atoms with Crippen LogP contribution in [0.4, 0.5) is 11.4 Å². The SMILES string of the molecule is CCOC(=O)C/C(N)=N\Nc1cc(Br)ccc1[N+](=O)[O-]. The number of amidine groups is 1. The van der Waals surface area contributed by atoms with Crippen LogP contribution in [0.15, 0.2) is 27.8 Å². The Labute approximate surface area is 123 Å². The molecule has 0 amide bonds. The highest BCUT2D eigenvalue weighted by Crippen LogP contribution is 2.27. The average Bonchev–Trinajstić information content (AvgIpc) is 2.36. The van der Waals surface area contributed by atoms with Crippen molar-refractivity contribution in [3.63, 3.8) is 0 Å². The molecule has 9 heteroatoms. The molecule has 0 radical (unpaired) electrons. The number of nitro benzene ring substituents is 1. The molecule has 8 nitrogen and oxygen atoms in total. The summed E-state index contributed by atoms with van der Waals surface area (Å²) < 4.78 is 5.35. The van der Waals surface area contributed by atoms with Crippen molar-refractivity contribution in [3.8, 4) is 0 Å². The fourth-order valence-corrected chi connectivity index (χ4v) is 1.65. The van der Waals surface area contributed by atoms with E-state index < -0.39 is 10.9 Å². The summed E-state index contributed by atoms with van der Waals surface area (Å²) >= 11 is 3.20. The van der Waals surface area contributed by atoms with Crippen LogP contribution in [0.1, 0.15) is 13.3 Å². The van der Waals surface area contributed by atoms with Crippen LogP contribution in [0.5, 0.6) is 0 Å². The molecule has 0 saturated carbocycles. The number of rotatable bonds is 6. The Balaban J connectivity index is 2.80. The van der Waals surface area contributed by atoms with Gasteiger partial charge in [-0.15, -0.1) is 0 Å². The number of nitro groups is 1. The zero-order valence-electron chi connectivity index (χ0n) is 10.6. The number of hydrogen-bond donors (Lipinski definition) is 2. The number of nitrogens with one attached hydrogen (secondary N) is 1. The van der Waals surface area contributed by atoms with E-state index in [0.717, 1.165) is 0 Å². The monoisotopic (exact) mass is 344 g/mol. The molecule has 3 N–H and O–H groups in total. The molecule has 0 spiro atoms. The number of hydrazone groups is 1. The summed E-state index contributed by atoms with van der Waals surface area (Å²) in [5, 5.41) is 14.6. The number of benzene rings is 1. The van der Waals surface area contributed by atoms with Crippen molar-refractivity contribution in [3.05, 3.63) is 32.8 Å². The topological polar surface area (TPSA) is 120 Å². The Morgan fingerprint density at radius 1 is 1.60 bits per heavy atom. The summed E-state index contributed by atoms with van der Waals surface area (Å²) in [6, 6.07) is 4.34. The van der Waals surface area contributed by atoms with Gasteiger partial charge in [0.2, 0.25) is 0 Å². The van der Waals surface area contributed by atoms with Crippen LogP contribution in [-0.4, -0.2) is 23.3 Å². The van der Waals surface area contributed by atoms with Crippen LogP contribution in [0, 0.1) is 10.1 Å². The summed E-state index contributed by atoms with van der Waals surface area (Å²) in [7, 11) is 0. The van der Waals surface area contributed by atoms with Gasteiger partial charge in [-0.05, 0) is 19.1 Å². The second-order valence-corrected chi connectivity index (χ2v) is 4.53. The van der Waals surface area contributed by atoms with Gasteiger partial charge in [-0.3, -0.25) is 20.3 Å². The number of halogens is 1. The molecule has 108 valence electrons. The first-order valence-corrected chi connectivity index (χ1v) is 6.41. The third kappa shape index (κ3) is 4.84. The van der Waals surface area contributed by atoms with Crippen LogP contribution >= 0.6 is 15.9 Å². The molecular weight excluding hydrogens is 332 g/mol. The molecule has 0 saturated heterocycles. The van der Waals surface area contributed by atoms with E-state index in [1.807, 2.05) is 0 Å². The zero-order valence-corrected chi connectivity index (χ0v) is 12.2. The fourth-order valence-electron chi connectivity index (χ4n) is 1.29. The Morgan fingerprint density at radius 3 is 2.90 bits per heavy atom. The highest BCUT2D eigenvalue weighted by molar-refractivity contribution is 9.10. The van der Waals surface area contributed by atoms with Gasteiger partial charge in [0.1, 0.15) is 17.9 Å². The van der Waals surface area contributed by atoms with E-state index in [-0.39, 0.29) is 30.2 Å². The Hall–Kier alpha value is -2.16. The molecule has 1 aromatic carbocycles. The van der Waals surface area contributed by atoms with Crippen LogP contribution < -0.4 is 11.2 Å². The molecule has 0 atom stereocenters. The predicted molar refractivity (Wildman–Crippen MR) is 77.3 cm³/mol. The second kappa shape index (κ2) is 7.43. The highest BCUT2D eigenvalue weighted by atomic mass is 79.9. The first-order valence-electron chi connectivity index (χ1n) is 5.61. The third-order valence-electron chi connectivity index (χ3n) is 2.11. The van der Waals surface area contributed by atoms with E-state index in [4.69, 9.17) is 10.5 Å². The Morgan fingerprint density at radius 2 is 2.30 bits per heavy atom. The Kier molecular flexibility index (Phi) is 5.91. The maximum absolute atomic E-state index is 11.2. The minimum atomic E-state index is -0.550. The minimum absolute atomic E-state index is 0.0299. The number of nitrogens with two attached hydrogens (primary N) is 1. The smallest absolute Gasteiger partial charge is 0.313 e. The van der Waals surface area contributed by atoms with Crippen molar-refractivity contribution in [1.29, 1.82) is 0 Å². The van der Waals surface area contributed by atoms with Crippen LogP contribution in [0.25, 0.3) is 0 Å². The largest absolute Gasteiger partial charge is 0.466 e. The van der Waals surface area contributed by atoms with Crippen molar-refractivity contribution >= 4 is 39.1 Å². The maximum Gasteiger partial charge on any atom is 0.313 e. The number of esters is 1. The summed E-state index contributed by atoms with van der Waals surface area (Å²) in [5.74, 6) is -0.544. The molecule has 0 unspecified atom stereocenters. The molecule has 0 aliphatic carbocycles. The lowest BCUT2D eigenvalue weighted by molar-refractivity contribution is -0.384. The molecule has 0 fully saturated rings. The zero-order chi connectivity index (χ0) is 15.1. The van der Waals surface area contributed by atoms with E-state index >= 15 is 0 Å². The average molecular weight is 345 g/mol. The quantitative estimate of drug-likeness (QED) is 0.267. The number of ether oxygens (including phenoxy) is 1. The molecule has 1 rings (SSSR count). The van der Waals surface area contributed by atoms with E-state index in [1.165, 1.54) is 18.2 Å². The lowest BCUT2D eigenvalue weighted by Gasteiger charge is -2.05. The van der Waals surface area contributed by atoms with Crippen molar-refractivity contribution in [2.75, 3.05) is 12.0 Å². The minimum Gasteiger partial charge on any atom is -0.466 e. The summed E-state index contributed by atoms with van der Waals surface area (Å²) in [6.07, 6.45) is -0.192. The first kappa shape index (κ1) is 15.9. The number of carbonyl (C=O) groups excluding carboxylic acids is 1. The highest BCUT2D eigenvalue weighted by Gasteiger charge is 2.13. The second-order valence-electron chi connectivity index (χ2n) is 3.62. The number of nitrogens with zero attached hydrogens (tertiary/aromatic N) is 2. The van der Waals surface area contributed by atoms with Gasteiger partial charge in [-0.25, -0.2) is 0 Å². The van der Waals surface area contributed by atoms with Gasteiger partial charge >= 0.3 is 5.97 Å². The van der Waals surface area contributed by atoms with Gasteiger partial charge in [0.05, 0.1) is 11.5 Å². The number of hydrogen-bond acceptors (Lipinski definition) is 6. The third-order valence-corrected chi connectivity index (χ3v) is 2.60. The van der Waals surface area contributed by atoms with E-state index in [9.17, 15) is 14.9 Å². The fraction of sp³-hybridized carbons (Fsp3) is 0.273. The van der Waals surface area contributed by atoms with E-state index in [0.29, 0.717) is 4.47 Å². The van der Waals surface area contributed by atoms with Crippen molar-refractivity contribution < 1.29 is 14.5 Å². The molecule has 0 aliphatic rings. The molecule has 20 heavy (non-hydrogen) atoms. The van der Waals surface area contributed by atoms with Gasteiger partial charge in [-0.2, -0.15) is 5.10 Å². The Bertz CT molecular complexity index is 547. The summed E-state index contributed by atoms with van der Waals surface area (Å²) in [4.78, 5) is 21.5. The lowest BCUT2D eigenvalue weighted by Crippen LogP contribution is -2.20. The first-order chi connectivity index (χ1) is 9.43. The lowest BCUT2D eigenvalue weighted by atomic mass is 10.3. The van der Waals surface area contributed by atoms with Crippen molar-refractivity contribution in [2.24, 2.45) is 10.8 Å². The van der Waals surface area contributed by atoms with Crippen LogP contribution in [0.3, 0.4) is 0 Å². The standard InChI is InChI=1S/C11H13BrN4O4/c1-2-20-11(17)6-10(13)15-14-8-5-7(12)3-4-9(8)16(18)19/h3-5,14H,2,6H2,1H3,(H2,13,15). The number of carbonyl (C=O) groups is 1. The molecule has 1 aromatic rings. The number of anilines is 1. The van der Waals surface area contributed by atoms with Crippen LogP contribution in [-0.2, 0) is 9.53 Å². The van der Waals surface area contributed by atoms with E-state index in [1.54, 1.807) is 6.92 Å². The molecule has 0 aromatic heterocycles. The van der Waals surface area contributed by atoms with Gasteiger partial charge in [0, 0.05) is 10.5 Å². The molecule has 0 heterocycles. The van der Waals surface area contributed by atoms with Crippen molar-refractivity contribution in [2.45, 2.75) is 13.3 Å². The van der Waals surface area contributed by atoms with Gasteiger partial charge in [-0.1, -0.05) is 15.9 Å². The predicted octanol–water partition coefficient (Wildman–Crippen LogP) is 1.99. The molecule has 0 aliphatic heterocycles. The summed E-state index contributed by atoms with van der Waals surface area (Å²) in [5.41, 5.74) is 8.00.